The maximum Gasteiger partial charge on any atom is 0.311 e. The lowest BCUT2D eigenvalue weighted by atomic mass is 10.2. The number of allylic oxidation sites excluding steroid dienone is 3. The van der Waals surface area contributed by atoms with Crippen LogP contribution in [0.3, 0.4) is 0 Å². The molecule has 93 valence electrons. The molecule has 6 heteroatoms. The molecule has 2 rings (SSSR count). The average Bonchev–Trinajstić information content (AvgIpc) is 2.38. The lowest BCUT2D eigenvalue weighted by Gasteiger charge is -1.97. The lowest BCUT2D eigenvalue weighted by Crippen LogP contribution is -3.00. The standard InChI is InChI=1S/C12H10N2O2S.BrH/c15-14(16)11-6-4-10(5-7-11)9-17-12-3-1-2-8-13-12;/h1-8H,9H2;1H/q+1;/p-1. The number of thioether (sulfide) groups is 1. The van der Waals surface area contributed by atoms with Crippen LogP contribution >= 0.6 is 11.8 Å². The fraction of sp³-hybridized carbons (Fsp3) is 0.0833. The highest BCUT2D eigenvalue weighted by Gasteiger charge is 2.10. The molecule has 0 spiro atoms. The van der Waals surface area contributed by atoms with E-state index in [1.165, 1.54) is 12.1 Å². The summed E-state index contributed by atoms with van der Waals surface area (Å²) < 4.78 is 0. The van der Waals surface area contributed by atoms with Crippen LogP contribution in [0.15, 0.2) is 47.5 Å². The van der Waals surface area contributed by atoms with Crippen molar-refractivity contribution in [2.45, 2.75) is 5.75 Å². The van der Waals surface area contributed by atoms with Gasteiger partial charge in [-0.1, -0.05) is 12.1 Å². The van der Waals surface area contributed by atoms with Gasteiger partial charge in [-0.25, -0.2) is 0 Å². The van der Waals surface area contributed by atoms with E-state index in [0.29, 0.717) is 0 Å². The minimum Gasteiger partial charge on any atom is -1.00 e. The van der Waals surface area contributed by atoms with Gasteiger partial charge in [0.2, 0.25) is 6.21 Å². The number of nitro benzene ring substituents is 1. The van der Waals surface area contributed by atoms with E-state index < -0.39 is 4.92 Å². The summed E-state index contributed by atoms with van der Waals surface area (Å²) in [6.45, 7) is 0. The Labute approximate surface area is 119 Å². The van der Waals surface area contributed by atoms with Crippen molar-refractivity contribution in [3.63, 3.8) is 0 Å². The predicted molar refractivity (Wildman–Crippen MR) is 69.8 cm³/mol. The third-order valence-electron chi connectivity index (χ3n) is 2.17. The quantitative estimate of drug-likeness (QED) is 0.561. The molecule has 0 atom stereocenters. The molecule has 1 aliphatic heterocycles. The Hall–Kier alpha value is -1.40. The number of halogens is 1. The first-order valence-corrected chi connectivity index (χ1v) is 6.01. The first-order valence-electron chi connectivity index (χ1n) is 5.03. The smallest absolute Gasteiger partial charge is 0.311 e. The molecule has 0 N–H and O–H groups in total. The van der Waals surface area contributed by atoms with Crippen LogP contribution in [-0.4, -0.2) is 11.1 Å². The first kappa shape index (κ1) is 14.7. The number of nitro groups is 1. The number of hydrogen-bond donors (Lipinski definition) is 0. The fourth-order valence-electron chi connectivity index (χ4n) is 1.30. The highest BCUT2D eigenvalue weighted by Crippen LogP contribution is 2.21. The Balaban J connectivity index is 0.00000162. The zero-order valence-electron chi connectivity index (χ0n) is 9.32. The van der Waals surface area contributed by atoms with Crippen LogP contribution in [-0.2, 0) is 5.75 Å². The molecule has 0 saturated carbocycles. The van der Waals surface area contributed by atoms with Gasteiger partial charge in [0.05, 0.1) is 9.92 Å². The maximum atomic E-state index is 10.5. The van der Waals surface area contributed by atoms with E-state index in [1.54, 1.807) is 30.1 Å². The summed E-state index contributed by atoms with van der Waals surface area (Å²) in [4.78, 5) is 14.3. The lowest BCUT2D eigenvalue weighted by molar-refractivity contribution is -0.384. The second kappa shape index (κ2) is 7.13. The van der Waals surface area contributed by atoms with Gasteiger partial charge in [0.15, 0.2) is 0 Å². The molecule has 0 aliphatic carbocycles. The van der Waals surface area contributed by atoms with Crippen molar-refractivity contribution in [2.24, 2.45) is 0 Å². The Morgan fingerprint density at radius 1 is 1.22 bits per heavy atom. The van der Waals surface area contributed by atoms with E-state index >= 15 is 0 Å². The van der Waals surface area contributed by atoms with Gasteiger partial charge in [0.25, 0.3) is 5.69 Å². The summed E-state index contributed by atoms with van der Waals surface area (Å²) in [7, 11) is 0. The van der Waals surface area contributed by atoms with Gasteiger partial charge >= 0.3 is 5.03 Å². The van der Waals surface area contributed by atoms with Gasteiger partial charge in [-0.2, -0.15) is 0 Å². The van der Waals surface area contributed by atoms with Crippen LogP contribution < -0.4 is 22.0 Å². The van der Waals surface area contributed by atoms with E-state index in [-0.39, 0.29) is 22.7 Å². The molecule has 1 aromatic carbocycles. The number of benzene rings is 1. The highest BCUT2D eigenvalue weighted by molar-refractivity contribution is 8.02. The predicted octanol–water partition coefficient (Wildman–Crippen LogP) is -0.350. The first-order chi connectivity index (χ1) is 8.25. The normalized spacial score (nSPS) is 12.8. The number of non-ortho nitro benzene ring substituents is 1. The molecular formula is C12H10BrN2O2S. The van der Waals surface area contributed by atoms with Crippen LogP contribution in [0, 0.1) is 10.1 Å². The molecule has 0 fully saturated rings. The number of aliphatic imine (C=N–C) groups is 1. The number of rotatable bonds is 4. The van der Waals surface area contributed by atoms with Crippen molar-refractivity contribution < 1.29 is 21.9 Å². The van der Waals surface area contributed by atoms with Crippen molar-refractivity contribution in [1.29, 1.82) is 0 Å². The van der Waals surface area contributed by atoms with E-state index in [4.69, 9.17) is 0 Å². The average molecular weight is 326 g/mol. The third kappa shape index (κ3) is 4.12. The molecular weight excluding hydrogens is 316 g/mol. The topological polar surface area (TPSA) is 57.2 Å². The van der Waals surface area contributed by atoms with Gasteiger partial charge in [-0.15, -0.1) is 0 Å². The van der Waals surface area contributed by atoms with Crippen molar-refractivity contribution in [2.75, 3.05) is 0 Å². The molecule has 18 heavy (non-hydrogen) atoms. The molecule has 1 aromatic rings. The Morgan fingerprint density at radius 2 is 1.94 bits per heavy atom. The summed E-state index contributed by atoms with van der Waals surface area (Å²) in [6.07, 6.45) is 7.50. The van der Waals surface area contributed by atoms with Crippen LogP contribution in [0.1, 0.15) is 5.56 Å². The minimum absolute atomic E-state index is 0. The molecule has 0 bridgehead atoms. The van der Waals surface area contributed by atoms with Crippen molar-refractivity contribution >= 4 is 23.7 Å². The summed E-state index contributed by atoms with van der Waals surface area (Å²) >= 11 is 1.61. The van der Waals surface area contributed by atoms with E-state index in [1.807, 2.05) is 18.2 Å². The van der Waals surface area contributed by atoms with Gasteiger partial charge in [0, 0.05) is 30.0 Å². The second-order valence-electron chi connectivity index (χ2n) is 3.38. The minimum atomic E-state index is -0.393. The van der Waals surface area contributed by atoms with Crippen molar-refractivity contribution in [3.05, 3.63) is 63.2 Å². The van der Waals surface area contributed by atoms with Gasteiger partial charge in [-0.05, 0) is 23.4 Å². The number of hydrogen-bond acceptors (Lipinski definition) is 4. The molecule has 0 saturated heterocycles. The molecule has 0 amide bonds. The zero-order chi connectivity index (χ0) is 12.1. The van der Waals surface area contributed by atoms with E-state index in [9.17, 15) is 10.1 Å². The van der Waals surface area contributed by atoms with Crippen LogP contribution in [0.25, 0.3) is 0 Å². The molecule has 0 unspecified atom stereocenters. The van der Waals surface area contributed by atoms with Crippen molar-refractivity contribution in [3.8, 4) is 0 Å². The third-order valence-corrected chi connectivity index (χ3v) is 3.19. The summed E-state index contributed by atoms with van der Waals surface area (Å²) in [6, 6.07) is 6.59. The van der Waals surface area contributed by atoms with E-state index in [0.717, 1.165) is 16.3 Å². The Bertz CT molecular complexity index is 509. The van der Waals surface area contributed by atoms with Crippen LogP contribution in [0.4, 0.5) is 5.69 Å². The van der Waals surface area contributed by atoms with Gasteiger partial charge in [0.1, 0.15) is 0 Å². The summed E-state index contributed by atoms with van der Waals surface area (Å²) in [5.74, 6) is 0.759. The second-order valence-corrected chi connectivity index (χ2v) is 4.38. The molecule has 1 radical (unpaired) electrons. The monoisotopic (exact) mass is 325 g/mol. The molecule has 1 aliphatic rings. The fourth-order valence-corrected chi connectivity index (χ4v) is 2.12. The van der Waals surface area contributed by atoms with Gasteiger partial charge < -0.3 is 17.0 Å². The molecule has 1 heterocycles. The van der Waals surface area contributed by atoms with E-state index in [2.05, 4.69) is 4.99 Å². The van der Waals surface area contributed by atoms with Crippen molar-refractivity contribution in [1.82, 2.24) is 4.99 Å². The Morgan fingerprint density at radius 3 is 2.50 bits per heavy atom. The summed E-state index contributed by atoms with van der Waals surface area (Å²) in [5, 5.41) is 11.4. The zero-order valence-corrected chi connectivity index (χ0v) is 11.7. The molecule has 0 aromatic heterocycles. The molecule has 4 nitrogen and oxygen atoms in total. The maximum absolute atomic E-state index is 10.5. The van der Waals surface area contributed by atoms with Crippen LogP contribution in [0.2, 0.25) is 0 Å². The highest BCUT2D eigenvalue weighted by atomic mass is 79.9. The largest absolute Gasteiger partial charge is 1.00 e. The summed E-state index contributed by atoms with van der Waals surface area (Å²) in [5.41, 5.74) is 1.17. The Kier molecular flexibility index (Phi) is 5.80. The number of nitrogens with zero attached hydrogens (tertiary/aromatic N) is 2. The van der Waals surface area contributed by atoms with Crippen LogP contribution in [0.5, 0.6) is 0 Å². The SMILES string of the molecule is O=[N+]([O-])c1ccc(CSC2=CC=CC=[N+]2)cc1.[Br-]. The van der Waals surface area contributed by atoms with Gasteiger partial charge in [-0.3, -0.25) is 10.1 Å².